The molecule has 0 bridgehead atoms. The van der Waals surface area contributed by atoms with Crippen molar-refractivity contribution in [2.24, 2.45) is 0 Å². The molecule has 0 amide bonds. The van der Waals surface area contributed by atoms with Gasteiger partial charge in [0.2, 0.25) is 10.0 Å². The summed E-state index contributed by atoms with van der Waals surface area (Å²) >= 11 is 0. The smallest absolute Gasteiger partial charge is 0.406 e. The van der Waals surface area contributed by atoms with E-state index >= 15 is 0 Å². The Balaban J connectivity index is 1.89. The van der Waals surface area contributed by atoms with E-state index in [-0.39, 0.29) is 17.5 Å². The third-order valence-corrected chi connectivity index (χ3v) is 8.24. The first kappa shape index (κ1) is 33.7. The highest BCUT2D eigenvalue weighted by Gasteiger charge is 2.39. The molecule has 0 saturated carbocycles. The van der Waals surface area contributed by atoms with Crippen LogP contribution in [-0.4, -0.2) is 27.7 Å². The number of benzene rings is 4. The zero-order valence-corrected chi connectivity index (χ0v) is 24.1. The lowest BCUT2D eigenvalue weighted by molar-refractivity contribution is -0.275. The van der Waals surface area contributed by atoms with Gasteiger partial charge in [-0.15, -0.1) is 26.3 Å². The second-order valence-corrected chi connectivity index (χ2v) is 11.9. The summed E-state index contributed by atoms with van der Waals surface area (Å²) in [5, 5.41) is 0. The van der Waals surface area contributed by atoms with Crippen molar-refractivity contribution < 1.29 is 53.0 Å². The van der Waals surface area contributed by atoms with E-state index in [1.165, 1.54) is 24.3 Å². The molecule has 14 heteroatoms. The fourth-order valence-corrected chi connectivity index (χ4v) is 5.89. The van der Waals surface area contributed by atoms with Crippen LogP contribution in [0.15, 0.2) is 108 Å². The number of ether oxygens (including phenoxy) is 2. The summed E-state index contributed by atoms with van der Waals surface area (Å²) in [4.78, 5) is -0.396. The molecule has 0 fully saturated rings. The Kier molecular flexibility index (Phi) is 9.50. The van der Waals surface area contributed by atoms with Crippen LogP contribution >= 0.6 is 0 Å². The normalized spacial score (nSPS) is 13.0. The third kappa shape index (κ3) is 8.94. The highest BCUT2D eigenvalue weighted by atomic mass is 32.2. The van der Waals surface area contributed by atoms with Crippen molar-refractivity contribution in [1.29, 1.82) is 0 Å². The van der Waals surface area contributed by atoms with Crippen LogP contribution in [0.3, 0.4) is 0 Å². The van der Waals surface area contributed by atoms with Crippen molar-refractivity contribution >= 4 is 10.0 Å². The van der Waals surface area contributed by atoms with Gasteiger partial charge in [0.25, 0.3) is 5.92 Å². The van der Waals surface area contributed by atoms with Gasteiger partial charge in [-0.05, 0) is 59.5 Å². The number of alkyl halides is 8. The van der Waals surface area contributed by atoms with Gasteiger partial charge in [0.15, 0.2) is 0 Å². The fraction of sp³-hybridized carbons (Fsp3) is 0.226. The van der Waals surface area contributed by atoms with Crippen LogP contribution in [0.4, 0.5) is 35.1 Å². The molecule has 0 atom stereocenters. The summed E-state index contributed by atoms with van der Waals surface area (Å²) in [6.07, 6.45) is -10.3. The van der Waals surface area contributed by atoms with Crippen molar-refractivity contribution in [3.05, 3.63) is 125 Å². The maximum absolute atomic E-state index is 13.7. The highest BCUT2D eigenvalue weighted by molar-refractivity contribution is 7.89. The molecule has 0 radical (unpaired) electrons. The van der Waals surface area contributed by atoms with Gasteiger partial charge in [-0.2, -0.15) is 0 Å². The topological polar surface area (TPSA) is 64.6 Å². The van der Waals surface area contributed by atoms with E-state index in [9.17, 15) is 43.5 Å². The average molecular weight is 660 g/mol. The van der Waals surface area contributed by atoms with Crippen LogP contribution in [0.1, 0.15) is 29.2 Å². The van der Waals surface area contributed by atoms with Crippen molar-refractivity contribution in [2.45, 2.75) is 42.3 Å². The van der Waals surface area contributed by atoms with Crippen LogP contribution in [0, 0.1) is 0 Å². The first-order valence-corrected chi connectivity index (χ1v) is 14.6. The highest BCUT2D eigenvalue weighted by Crippen LogP contribution is 2.40. The molecule has 0 spiro atoms. The largest absolute Gasteiger partial charge is 0.573 e. The summed E-state index contributed by atoms with van der Waals surface area (Å²) < 4.78 is 144. The van der Waals surface area contributed by atoms with Crippen molar-refractivity contribution in [3.63, 3.8) is 0 Å². The minimum Gasteiger partial charge on any atom is -0.406 e. The molecule has 4 rings (SSSR count). The minimum atomic E-state index is -5.08. The number of halogens is 8. The predicted molar refractivity (Wildman–Crippen MR) is 148 cm³/mol. The second kappa shape index (κ2) is 12.7. The van der Waals surface area contributed by atoms with E-state index in [1.807, 2.05) is 0 Å². The zero-order chi connectivity index (χ0) is 33.1. The molecule has 0 unspecified atom stereocenters. The van der Waals surface area contributed by atoms with E-state index < -0.39 is 62.6 Å². The number of nitrogens with one attached hydrogen (secondary N) is 1. The molecule has 0 aliphatic carbocycles. The quantitative estimate of drug-likeness (QED) is 0.165. The first-order valence-electron chi connectivity index (χ1n) is 13.1. The van der Waals surface area contributed by atoms with Crippen LogP contribution in [0.5, 0.6) is 11.5 Å². The van der Waals surface area contributed by atoms with E-state index in [4.69, 9.17) is 0 Å². The summed E-state index contributed by atoms with van der Waals surface area (Å²) in [6, 6.07) is 21.4. The van der Waals surface area contributed by atoms with E-state index in [2.05, 4.69) is 14.2 Å². The summed E-state index contributed by atoms with van der Waals surface area (Å²) in [5.74, 6) is -4.55. The van der Waals surface area contributed by atoms with Crippen LogP contribution in [0.25, 0.3) is 0 Å². The molecule has 4 aromatic rings. The molecule has 0 aliphatic heterocycles. The lowest BCUT2D eigenvalue weighted by Gasteiger charge is -2.36. The fourth-order valence-electron chi connectivity index (χ4n) is 4.79. The van der Waals surface area contributed by atoms with Crippen molar-refractivity contribution in [1.82, 2.24) is 4.72 Å². The first-order chi connectivity index (χ1) is 20.9. The number of sulfonamides is 1. The molecule has 1 N–H and O–H groups in total. The van der Waals surface area contributed by atoms with Gasteiger partial charge < -0.3 is 9.47 Å². The molecule has 0 aromatic heterocycles. The zero-order valence-electron chi connectivity index (χ0n) is 23.3. The Bertz CT molecular complexity index is 1640. The SMILES string of the molecule is CC(F)(F)c1ccc(S(=O)(=O)NCC(Cc2ccccc2)(c2cccc(OC(F)(F)F)c2)c2cccc(OC(F)(F)F)c2)cc1. The summed E-state index contributed by atoms with van der Waals surface area (Å²) in [6.45, 7) is 0.0424. The van der Waals surface area contributed by atoms with Gasteiger partial charge in [-0.3, -0.25) is 0 Å². The maximum atomic E-state index is 13.7. The van der Waals surface area contributed by atoms with Gasteiger partial charge in [-0.1, -0.05) is 66.7 Å². The van der Waals surface area contributed by atoms with Crippen molar-refractivity contribution in [3.8, 4) is 11.5 Å². The predicted octanol–water partition coefficient (Wildman–Crippen LogP) is 8.10. The molecule has 0 saturated heterocycles. The third-order valence-electron chi connectivity index (χ3n) is 6.82. The molecule has 240 valence electrons. The molecular formula is C31H25F8NO4S. The Morgan fingerprint density at radius 3 is 1.56 bits per heavy atom. The Hall–Kier alpha value is -4.17. The average Bonchev–Trinajstić information content (AvgIpc) is 2.94. The van der Waals surface area contributed by atoms with Gasteiger partial charge >= 0.3 is 12.7 Å². The Morgan fingerprint density at radius 1 is 0.622 bits per heavy atom. The number of rotatable bonds is 11. The lowest BCUT2D eigenvalue weighted by atomic mass is 9.70. The lowest BCUT2D eigenvalue weighted by Crippen LogP contribution is -2.43. The van der Waals surface area contributed by atoms with Gasteiger partial charge in [0.05, 0.1) is 4.90 Å². The molecule has 4 aromatic carbocycles. The van der Waals surface area contributed by atoms with Crippen LogP contribution in [-0.2, 0) is 27.8 Å². The maximum Gasteiger partial charge on any atom is 0.573 e. The van der Waals surface area contributed by atoms with Gasteiger partial charge in [0.1, 0.15) is 11.5 Å². The van der Waals surface area contributed by atoms with Crippen LogP contribution < -0.4 is 14.2 Å². The Morgan fingerprint density at radius 2 is 1.11 bits per heavy atom. The molecule has 5 nitrogen and oxygen atoms in total. The molecule has 0 aliphatic rings. The number of hydrogen-bond donors (Lipinski definition) is 1. The summed E-state index contributed by atoms with van der Waals surface area (Å²) in [7, 11) is -4.46. The number of hydrogen-bond acceptors (Lipinski definition) is 4. The monoisotopic (exact) mass is 659 g/mol. The van der Waals surface area contributed by atoms with E-state index in [1.54, 1.807) is 30.3 Å². The van der Waals surface area contributed by atoms with Gasteiger partial charge in [-0.25, -0.2) is 21.9 Å². The molecule has 0 heterocycles. The summed E-state index contributed by atoms with van der Waals surface area (Å²) in [5.41, 5.74) is -1.44. The minimum absolute atomic E-state index is 0.0564. The standard InChI is InChI=1S/C31H25F8NO4S/c1-28(32,33)22-13-15-27(16-14-22)45(41,42)40-20-29(19-21-7-3-2-4-8-21,23-9-5-11-25(17-23)43-30(34,35)36)24-10-6-12-26(18-24)44-31(37,38)39/h2-18,40H,19-20H2,1H3. The van der Waals surface area contributed by atoms with Crippen LogP contribution in [0.2, 0.25) is 0 Å². The van der Waals surface area contributed by atoms with Crippen molar-refractivity contribution in [2.75, 3.05) is 6.54 Å². The van der Waals surface area contributed by atoms with E-state index in [0.29, 0.717) is 12.5 Å². The van der Waals surface area contributed by atoms with Gasteiger partial charge in [0, 0.05) is 24.4 Å². The molecule has 45 heavy (non-hydrogen) atoms. The Labute approximate surface area is 253 Å². The second-order valence-electron chi connectivity index (χ2n) is 10.1. The molecular weight excluding hydrogens is 634 g/mol. The van der Waals surface area contributed by atoms with E-state index in [0.717, 1.165) is 48.5 Å².